The van der Waals surface area contributed by atoms with E-state index in [1.54, 1.807) is 18.2 Å². The number of aliphatic carboxylic acids is 1. The van der Waals surface area contributed by atoms with E-state index in [1.165, 1.54) is 11.3 Å². The van der Waals surface area contributed by atoms with Crippen molar-refractivity contribution < 1.29 is 19.4 Å². The topological polar surface area (TPSA) is 79.7 Å². The van der Waals surface area contributed by atoms with Crippen LogP contribution < -0.4 is 4.74 Å². The van der Waals surface area contributed by atoms with Crippen LogP contribution in [0.25, 0.3) is 10.6 Å². The van der Waals surface area contributed by atoms with Crippen LogP contribution in [0.3, 0.4) is 0 Å². The maximum Gasteiger partial charge on any atom is 0.311 e. The molecule has 0 aliphatic carbocycles. The van der Waals surface area contributed by atoms with Crippen molar-refractivity contribution in [2.24, 2.45) is 11.3 Å². The smallest absolute Gasteiger partial charge is 0.311 e. The van der Waals surface area contributed by atoms with Gasteiger partial charge in [-0.15, -0.1) is 11.3 Å². The first kappa shape index (κ1) is 18.4. The average Bonchev–Trinajstić information content (AvgIpc) is 3.29. The zero-order chi connectivity index (χ0) is 18.9. The molecule has 1 saturated heterocycles. The fourth-order valence-electron chi connectivity index (χ4n) is 3.30. The summed E-state index contributed by atoms with van der Waals surface area (Å²) in [5, 5.41) is 10.4. The molecule has 6 nitrogen and oxygen atoms in total. The van der Waals surface area contributed by atoms with Gasteiger partial charge in [-0.3, -0.25) is 9.59 Å². The molecule has 1 aromatic carbocycles. The zero-order valence-corrected chi connectivity index (χ0v) is 15.9. The number of hydrogen-bond acceptors (Lipinski definition) is 5. The van der Waals surface area contributed by atoms with Crippen LogP contribution in [0.5, 0.6) is 5.75 Å². The third-order valence-corrected chi connectivity index (χ3v) is 6.21. The number of ether oxygens (including phenoxy) is 1. The molecule has 2 heterocycles. The second-order valence-corrected chi connectivity index (χ2v) is 7.88. The van der Waals surface area contributed by atoms with Gasteiger partial charge in [0.2, 0.25) is 0 Å². The van der Waals surface area contributed by atoms with E-state index in [9.17, 15) is 14.7 Å². The Labute approximate surface area is 156 Å². The van der Waals surface area contributed by atoms with E-state index in [0.29, 0.717) is 17.8 Å². The van der Waals surface area contributed by atoms with Gasteiger partial charge in [0.15, 0.2) is 0 Å². The number of rotatable bonds is 5. The number of benzene rings is 1. The lowest BCUT2D eigenvalue weighted by molar-refractivity contribution is -0.150. The molecule has 7 heteroatoms. The fraction of sp³-hybridized carbons (Fsp3) is 0.421. The van der Waals surface area contributed by atoms with E-state index in [0.717, 1.165) is 16.3 Å². The molecule has 1 fully saturated rings. The molecule has 3 rings (SSSR count). The minimum absolute atomic E-state index is 0.0332. The second-order valence-electron chi connectivity index (χ2n) is 6.85. The van der Waals surface area contributed by atoms with Crippen LogP contribution in [-0.4, -0.2) is 47.1 Å². The summed E-state index contributed by atoms with van der Waals surface area (Å²) < 4.78 is 5.15. The Kier molecular flexibility index (Phi) is 5.00. The SMILES string of the molecule is COc1ccc(-c2ncc(C(=O)N3CCC(C(=O)O)(C(C)C)C3)s2)cc1. The predicted molar refractivity (Wildman–Crippen MR) is 99.5 cm³/mol. The van der Waals surface area contributed by atoms with E-state index in [2.05, 4.69) is 4.98 Å². The number of methoxy groups -OCH3 is 1. The van der Waals surface area contributed by atoms with Crippen molar-refractivity contribution in [2.75, 3.05) is 20.2 Å². The van der Waals surface area contributed by atoms with Gasteiger partial charge in [-0.25, -0.2) is 4.98 Å². The Morgan fingerprint density at radius 2 is 2.00 bits per heavy atom. The Hall–Kier alpha value is -2.41. The zero-order valence-electron chi connectivity index (χ0n) is 15.1. The summed E-state index contributed by atoms with van der Waals surface area (Å²) in [6.45, 7) is 4.50. The molecule has 1 amide bonds. The van der Waals surface area contributed by atoms with E-state index in [4.69, 9.17) is 4.74 Å². The fourth-order valence-corrected chi connectivity index (χ4v) is 4.18. The van der Waals surface area contributed by atoms with Gasteiger partial charge in [0.25, 0.3) is 5.91 Å². The maximum absolute atomic E-state index is 12.8. The summed E-state index contributed by atoms with van der Waals surface area (Å²) in [7, 11) is 1.61. The predicted octanol–water partition coefficient (Wildman–Crippen LogP) is 3.39. The summed E-state index contributed by atoms with van der Waals surface area (Å²) in [5.74, 6) is -0.247. The molecule has 1 unspecified atom stereocenters. The highest BCUT2D eigenvalue weighted by Crippen LogP contribution is 2.39. The number of aromatic nitrogens is 1. The lowest BCUT2D eigenvalue weighted by atomic mass is 9.76. The third-order valence-electron chi connectivity index (χ3n) is 5.17. The van der Waals surface area contributed by atoms with E-state index in [1.807, 2.05) is 38.1 Å². The molecule has 1 aromatic heterocycles. The van der Waals surface area contributed by atoms with Gasteiger partial charge >= 0.3 is 5.97 Å². The van der Waals surface area contributed by atoms with Crippen molar-refractivity contribution in [3.05, 3.63) is 35.3 Å². The molecule has 1 atom stereocenters. The number of amides is 1. The van der Waals surface area contributed by atoms with Crippen LogP contribution in [0.1, 0.15) is 29.9 Å². The number of carboxylic acid groups (broad SMARTS) is 1. The van der Waals surface area contributed by atoms with Crippen molar-refractivity contribution in [2.45, 2.75) is 20.3 Å². The highest BCUT2D eigenvalue weighted by atomic mass is 32.1. The molecule has 138 valence electrons. The molecule has 1 aliphatic heterocycles. The van der Waals surface area contributed by atoms with Crippen molar-refractivity contribution in [3.63, 3.8) is 0 Å². The normalized spacial score (nSPS) is 19.8. The number of carboxylic acids is 1. The van der Waals surface area contributed by atoms with Crippen LogP contribution in [0.2, 0.25) is 0 Å². The van der Waals surface area contributed by atoms with Gasteiger partial charge in [-0.2, -0.15) is 0 Å². The van der Waals surface area contributed by atoms with E-state index in [-0.39, 0.29) is 18.4 Å². The van der Waals surface area contributed by atoms with Crippen LogP contribution in [0.4, 0.5) is 0 Å². The Morgan fingerprint density at radius 1 is 1.31 bits per heavy atom. The summed E-state index contributed by atoms with van der Waals surface area (Å²) in [6.07, 6.45) is 2.05. The molecule has 0 spiro atoms. The molecule has 2 aromatic rings. The first-order chi connectivity index (χ1) is 12.4. The van der Waals surface area contributed by atoms with Crippen LogP contribution in [-0.2, 0) is 4.79 Å². The average molecular weight is 374 g/mol. The quantitative estimate of drug-likeness (QED) is 0.868. The first-order valence-corrected chi connectivity index (χ1v) is 9.32. The van der Waals surface area contributed by atoms with Crippen molar-refractivity contribution in [1.82, 2.24) is 9.88 Å². The van der Waals surface area contributed by atoms with Crippen molar-refractivity contribution >= 4 is 23.2 Å². The molecule has 0 saturated carbocycles. The standard InChI is InChI=1S/C19H22N2O4S/c1-12(2)19(18(23)24)8-9-21(11-19)17(22)15-10-20-16(26-15)13-4-6-14(25-3)7-5-13/h4-7,10,12H,8-9,11H2,1-3H3,(H,23,24). The molecule has 0 radical (unpaired) electrons. The third kappa shape index (κ3) is 3.19. The molecule has 1 aliphatic rings. The van der Waals surface area contributed by atoms with Crippen LogP contribution in [0, 0.1) is 11.3 Å². The molecular formula is C19H22N2O4S. The Bertz CT molecular complexity index is 815. The van der Waals surface area contributed by atoms with Crippen molar-refractivity contribution in [1.29, 1.82) is 0 Å². The van der Waals surface area contributed by atoms with Gasteiger partial charge in [0.1, 0.15) is 15.6 Å². The highest BCUT2D eigenvalue weighted by molar-refractivity contribution is 7.16. The maximum atomic E-state index is 12.8. The van der Waals surface area contributed by atoms with E-state index >= 15 is 0 Å². The minimum Gasteiger partial charge on any atom is -0.497 e. The van der Waals surface area contributed by atoms with Gasteiger partial charge in [0.05, 0.1) is 18.7 Å². The van der Waals surface area contributed by atoms with Crippen LogP contribution >= 0.6 is 11.3 Å². The van der Waals surface area contributed by atoms with Crippen molar-refractivity contribution in [3.8, 4) is 16.3 Å². The number of carbonyl (C=O) groups excluding carboxylic acids is 1. The highest BCUT2D eigenvalue weighted by Gasteiger charge is 2.48. The summed E-state index contributed by atoms with van der Waals surface area (Å²) in [6, 6.07) is 7.50. The number of carbonyl (C=O) groups is 2. The Morgan fingerprint density at radius 3 is 2.54 bits per heavy atom. The minimum atomic E-state index is -0.862. The molecular weight excluding hydrogens is 352 g/mol. The second kappa shape index (κ2) is 7.07. The number of likely N-dealkylation sites (tertiary alicyclic amines) is 1. The molecule has 26 heavy (non-hydrogen) atoms. The lowest BCUT2D eigenvalue weighted by Gasteiger charge is -2.28. The largest absolute Gasteiger partial charge is 0.497 e. The van der Waals surface area contributed by atoms with Gasteiger partial charge in [0, 0.05) is 18.7 Å². The number of hydrogen-bond donors (Lipinski definition) is 1. The lowest BCUT2D eigenvalue weighted by Crippen LogP contribution is -2.40. The summed E-state index contributed by atoms with van der Waals surface area (Å²) in [5.41, 5.74) is 0.0532. The number of nitrogens with zero attached hydrogens (tertiary/aromatic N) is 2. The monoisotopic (exact) mass is 374 g/mol. The Balaban J connectivity index is 1.77. The summed E-state index contributed by atoms with van der Waals surface area (Å²) in [4.78, 5) is 31.1. The number of thiazole rings is 1. The van der Waals surface area contributed by atoms with Gasteiger partial charge < -0.3 is 14.7 Å². The molecule has 1 N–H and O–H groups in total. The van der Waals surface area contributed by atoms with E-state index < -0.39 is 11.4 Å². The summed E-state index contributed by atoms with van der Waals surface area (Å²) >= 11 is 1.32. The van der Waals surface area contributed by atoms with Gasteiger partial charge in [-0.1, -0.05) is 13.8 Å². The van der Waals surface area contributed by atoms with Crippen LogP contribution in [0.15, 0.2) is 30.5 Å². The van der Waals surface area contributed by atoms with Gasteiger partial charge in [-0.05, 0) is 36.6 Å². The first-order valence-electron chi connectivity index (χ1n) is 8.50. The molecule has 0 bridgehead atoms.